The summed E-state index contributed by atoms with van der Waals surface area (Å²) in [7, 11) is 0. The number of nitrogens with zero attached hydrogens (tertiary/aromatic N) is 2. The van der Waals surface area contributed by atoms with E-state index in [1.54, 1.807) is 0 Å². The lowest BCUT2D eigenvalue weighted by molar-refractivity contribution is -0.138. The van der Waals surface area contributed by atoms with E-state index in [0.717, 1.165) is 10.2 Å². The van der Waals surface area contributed by atoms with Gasteiger partial charge in [0.15, 0.2) is 5.01 Å². The number of amides is 3. The molecule has 2 heterocycles. The van der Waals surface area contributed by atoms with E-state index in [1.807, 2.05) is 24.3 Å². The number of benzene rings is 1. The molecule has 3 amide bonds. The molecule has 1 aliphatic carbocycles. The summed E-state index contributed by atoms with van der Waals surface area (Å²) in [6.45, 7) is 2.05. The molecular weight excluding hydrogens is 430 g/mol. The zero-order valence-electron chi connectivity index (χ0n) is 17.9. The molecule has 1 saturated heterocycles. The molecule has 4 rings (SSSR count). The minimum Gasteiger partial charge on any atom is -0.347 e. The van der Waals surface area contributed by atoms with Crippen molar-refractivity contribution >= 4 is 45.1 Å². The van der Waals surface area contributed by atoms with Gasteiger partial charge in [0, 0.05) is 13.5 Å². The first-order valence-corrected chi connectivity index (χ1v) is 11.6. The number of thiazole rings is 1. The van der Waals surface area contributed by atoms with Crippen molar-refractivity contribution in [2.45, 2.75) is 44.2 Å². The topological polar surface area (TPSA) is 134 Å². The van der Waals surface area contributed by atoms with Crippen LogP contribution < -0.4 is 16.4 Å². The Morgan fingerprint density at radius 2 is 2.06 bits per heavy atom. The second-order valence-electron chi connectivity index (χ2n) is 8.41. The van der Waals surface area contributed by atoms with Crippen LogP contribution >= 0.6 is 11.3 Å². The lowest BCUT2D eigenvalue weighted by atomic mass is 10.0. The SMILES string of the molecule is CC(=O)NCC(=O)N1CCC[C@H]1C(=O)NC1(C(=O)c2nc3ccccc3s2)CC1CCN. The minimum atomic E-state index is -1.03. The molecule has 2 aromatic rings. The molecule has 2 unspecified atom stereocenters. The van der Waals surface area contributed by atoms with Crippen LogP contribution in [0.15, 0.2) is 24.3 Å². The summed E-state index contributed by atoms with van der Waals surface area (Å²) < 4.78 is 0.916. The summed E-state index contributed by atoms with van der Waals surface area (Å²) in [6, 6.07) is 6.88. The van der Waals surface area contributed by atoms with Crippen LogP contribution in [0.2, 0.25) is 0 Å². The summed E-state index contributed by atoms with van der Waals surface area (Å²) in [5, 5.41) is 5.83. The first-order valence-electron chi connectivity index (χ1n) is 10.8. The van der Waals surface area contributed by atoms with Gasteiger partial charge in [-0.3, -0.25) is 19.2 Å². The highest BCUT2D eigenvalue weighted by Gasteiger charge is 2.61. The summed E-state index contributed by atoms with van der Waals surface area (Å²) >= 11 is 1.32. The Kier molecular flexibility index (Phi) is 6.25. The van der Waals surface area contributed by atoms with Crippen molar-refractivity contribution in [2.24, 2.45) is 11.7 Å². The number of nitrogens with one attached hydrogen (secondary N) is 2. The van der Waals surface area contributed by atoms with Crippen molar-refractivity contribution < 1.29 is 19.2 Å². The van der Waals surface area contributed by atoms with Crippen LogP contribution in [0.5, 0.6) is 0 Å². The zero-order valence-corrected chi connectivity index (χ0v) is 18.7. The Labute approximate surface area is 189 Å². The second kappa shape index (κ2) is 8.95. The number of nitrogens with two attached hydrogens (primary N) is 1. The summed E-state index contributed by atoms with van der Waals surface area (Å²) in [4.78, 5) is 56.3. The van der Waals surface area contributed by atoms with Crippen molar-refractivity contribution in [3.8, 4) is 0 Å². The second-order valence-corrected chi connectivity index (χ2v) is 9.44. The van der Waals surface area contributed by atoms with Crippen molar-refractivity contribution in [3.63, 3.8) is 0 Å². The standard InChI is InChI=1S/C22H27N5O4S/c1-13(28)24-12-18(29)27-10-4-6-16(27)20(31)26-22(11-14(22)8-9-23)19(30)21-25-15-5-2-3-7-17(15)32-21/h2-3,5,7,14,16H,4,6,8-12,23H2,1H3,(H,24,28)(H,26,31)/t14?,16-,22?/m0/s1. The highest BCUT2D eigenvalue weighted by molar-refractivity contribution is 7.20. The van der Waals surface area contributed by atoms with Gasteiger partial charge >= 0.3 is 0 Å². The first-order chi connectivity index (χ1) is 15.4. The highest BCUT2D eigenvalue weighted by atomic mass is 32.1. The fraction of sp³-hybridized carbons (Fsp3) is 0.500. The average molecular weight is 458 g/mol. The first kappa shape index (κ1) is 22.3. The quantitative estimate of drug-likeness (QED) is 0.503. The number of ketones is 1. The monoisotopic (exact) mass is 457 g/mol. The molecule has 32 heavy (non-hydrogen) atoms. The Morgan fingerprint density at radius 1 is 1.28 bits per heavy atom. The summed E-state index contributed by atoms with van der Waals surface area (Å²) in [5.74, 6) is -1.20. The maximum absolute atomic E-state index is 13.5. The van der Waals surface area contributed by atoms with E-state index in [1.165, 1.54) is 23.2 Å². The molecule has 1 saturated carbocycles. The molecule has 2 aliphatic rings. The van der Waals surface area contributed by atoms with Crippen LogP contribution in [0, 0.1) is 5.92 Å². The van der Waals surface area contributed by atoms with Crippen molar-refractivity contribution in [2.75, 3.05) is 19.6 Å². The number of carbonyl (C=O) groups is 4. The molecule has 1 aromatic carbocycles. The lowest BCUT2D eigenvalue weighted by Crippen LogP contribution is -2.54. The average Bonchev–Trinajstić information content (AvgIpc) is 3.14. The third kappa shape index (κ3) is 4.24. The molecule has 0 bridgehead atoms. The van der Waals surface area contributed by atoms with E-state index in [-0.39, 0.29) is 36.0 Å². The molecule has 170 valence electrons. The number of para-hydroxylation sites is 1. The molecule has 2 fully saturated rings. The maximum atomic E-state index is 13.5. The molecule has 9 nitrogen and oxygen atoms in total. The number of Topliss-reactive ketones (excluding diaryl/α,β-unsaturated/α-hetero) is 1. The number of likely N-dealkylation sites (tertiary alicyclic amines) is 1. The molecule has 3 atom stereocenters. The van der Waals surface area contributed by atoms with Crippen LogP contribution in [0.25, 0.3) is 10.2 Å². The predicted molar refractivity (Wildman–Crippen MR) is 120 cm³/mol. The Balaban J connectivity index is 1.52. The van der Waals surface area contributed by atoms with Crippen LogP contribution in [-0.2, 0) is 14.4 Å². The number of rotatable bonds is 8. The Morgan fingerprint density at radius 3 is 2.78 bits per heavy atom. The normalized spacial score (nSPS) is 24.4. The Bertz CT molecular complexity index is 1040. The van der Waals surface area contributed by atoms with Crippen LogP contribution in [-0.4, -0.2) is 64.6 Å². The lowest BCUT2D eigenvalue weighted by Gasteiger charge is -2.26. The minimum absolute atomic E-state index is 0.0547. The molecule has 1 aliphatic heterocycles. The van der Waals surface area contributed by atoms with E-state index in [9.17, 15) is 19.2 Å². The van der Waals surface area contributed by atoms with E-state index < -0.39 is 11.6 Å². The van der Waals surface area contributed by atoms with Gasteiger partial charge in [-0.05, 0) is 50.3 Å². The van der Waals surface area contributed by atoms with Gasteiger partial charge in [-0.2, -0.15) is 0 Å². The molecule has 4 N–H and O–H groups in total. The molecule has 0 spiro atoms. The van der Waals surface area contributed by atoms with Gasteiger partial charge < -0.3 is 21.3 Å². The molecule has 0 radical (unpaired) electrons. The van der Waals surface area contributed by atoms with Gasteiger partial charge in [-0.25, -0.2) is 4.98 Å². The van der Waals surface area contributed by atoms with E-state index in [2.05, 4.69) is 15.6 Å². The smallest absolute Gasteiger partial charge is 0.243 e. The highest BCUT2D eigenvalue weighted by Crippen LogP contribution is 2.48. The molecule has 10 heteroatoms. The van der Waals surface area contributed by atoms with Gasteiger partial charge in [0.1, 0.15) is 11.6 Å². The zero-order chi connectivity index (χ0) is 22.9. The van der Waals surface area contributed by atoms with Crippen LogP contribution in [0.3, 0.4) is 0 Å². The van der Waals surface area contributed by atoms with E-state index in [4.69, 9.17) is 5.73 Å². The largest absolute Gasteiger partial charge is 0.347 e. The number of carbonyl (C=O) groups excluding carboxylic acids is 4. The summed E-state index contributed by atoms with van der Waals surface area (Å²) in [6.07, 6.45) is 2.34. The summed E-state index contributed by atoms with van der Waals surface area (Å²) in [5.41, 5.74) is 5.46. The molecular formula is C22H27N5O4S. The Hall–Kier alpha value is -2.85. The number of hydrogen-bond donors (Lipinski definition) is 3. The van der Waals surface area contributed by atoms with Gasteiger partial charge in [0.2, 0.25) is 23.5 Å². The van der Waals surface area contributed by atoms with E-state index in [0.29, 0.717) is 43.8 Å². The van der Waals surface area contributed by atoms with Gasteiger partial charge in [0.05, 0.1) is 16.8 Å². The third-order valence-corrected chi connectivity index (χ3v) is 7.26. The van der Waals surface area contributed by atoms with Gasteiger partial charge in [-0.1, -0.05) is 12.1 Å². The fourth-order valence-electron chi connectivity index (χ4n) is 4.47. The third-order valence-electron chi connectivity index (χ3n) is 6.22. The van der Waals surface area contributed by atoms with Crippen molar-refractivity contribution in [1.29, 1.82) is 0 Å². The van der Waals surface area contributed by atoms with Crippen LogP contribution in [0.1, 0.15) is 42.4 Å². The van der Waals surface area contributed by atoms with E-state index >= 15 is 0 Å². The number of aromatic nitrogens is 1. The van der Waals surface area contributed by atoms with Crippen LogP contribution in [0.4, 0.5) is 0 Å². The number of hydrogen-bond acceptors (Lipinski definition) is 7. The number of fused-ring (bicyclic) bond motifs is 1. The predicted octanol–water partition coefficient (Wildman–Crippen LogP) is 0.830. The van der Waals surface area contributed by atoms with Crippen molar-refractivity contribution in [1.82, 2.24) is 20.5 Å². The fourth-order valence-corrected chi connectivity index (χ4v) is 5.46. The maximum Gasteiger partial charge on any atom is 0.243 e. The van der Waals surface area contributed by atoms with Gasteiger partial charge in [0.25, 0.3) is 0 Å². The van der Waals surface area contributed by atoms with Crippen molar-refractivity contribution in [3.05, 3.63) is 29.3 Å². The molecule has 1 aromatic heterocycles. The van der Waals surface area contributed by atoms with Gasteiger partial charge in [-0.15, -0.1) is 11.3 Å².